The smallest absolute Gasteiger partial charge is 0.148 e. The molecule has 0 bridgehead atoms. The minimum absolute atomic E-state index is 0.184. The lowest BCUT2D eigenvalue weighted by Gasteiger charge is -2.09. The number of rotatable bonds is 3. The van der Waals surface area contributed by atoms with Crippen LogP contribution in [-0.4, -0.2) is 15.9 Å². The van der Waals surface area contributed by atoms with E-state index in [2.05, 4.69) is 5.10 Å². The Labute approximate surface area is 101 Å². The third kappa shape index (κ3) is 2.58. The van der Waals surface area contributed by atoms with Gasteiger partial charge in [0, 0.05) is 11.8 Å². The van der Waals surface area contributed by atoms with Crippen LogP contribution < -0.4 is 10.5 Å². The molecule has 0 aliphatic heterocycles. The first-order chi connectivity index (χ1) is 8.06. The first kappa shape index (κ1) is 11.5. The minimum Gasteiger partial charge on any atom is -0.491 e. The van der Waals surface area contributed by atoms with E-state index in [9.17, 15) is 0 Å². The molecule has 1 heterocycles. The maximum absolute atomic E-state index is 5.72. The number of nitrogen functional groups attached to an aromatic ring is 1. The van der Waals surface area contributed by atoms with Crippen molar-refractivity contribution in [2.75, 3.05) is 5.73 Å². The second-order valence-electron chi connectivity index (χ2n) is 4.30. The normalized spacial score (nSPS) is 10.8. The van der Waals surface area contributed by atoms with Crippen molar-refractivity contribution in [2.45, 2.75) is 26.9 Å². The first-order valence-corrected chi connectivity index (χ1v) is 5.65. The van der Waals surface area contributed by atoms with Gasteiger partial charge in [-0.1, -0.05) is 0 Å². The van der Waals surface area contributed by atoms with E-state index >= 15 is 0 Å². The van der Waals surface area contributed by atoms with Crippen molar-refractivity contribution >= 4 is 5.82 Å². The average molecular weight is 231 g/mol. The lowest BCUT2D eigenvalue weighted by atomic mass is 10.3. The Hall–Kier alpha value is -1.97. The van der Waals surface area contributed by atoms with Crippen LogP contribution in [0.3, 0.4) is 0 Å². The van der Waals surface area contributed by atoms with Crippen LogP contribution in [0.2, 0.25) is 0 Å². The Morgan fingerprint density at radius 1 is 1.24 bits per heavy atom. The summed E-state index contributed by atoms with van der Waals surface area (Å²) in [4.78, 5) is 0. The fourth-order valence-electron chi connectivity index (χ4n) is 1.56. The van der Waals surface area contributed by atoms with E-state index in [-0.39, 0.29) is 6.10 Å². The van der Waals surface area contributed by atoms with E-state index in [1.807, 2.05) is 51.2 Å². The molecule has 0 atom stereocenters. The zero-order chi connectivity index (χ0) is 12.4. The second kappa shape index (κ2) is 4.49. The van der Waals surface area contributed by atoms with E-state index in [1.165, 1.54) is 0 Å². The topological polar surface area (TPSA) is 53.1 Å². The molecule has 0 amide bonds. The van der Waals surface area contributed by atoms with Gasteiger partial charge < -0.3 is 10.5 Å². The number of nitrogens with zero attached hydrogens (tertiary/aromatic N) is 2. The summed E-state index contributed by atoms with van der Waals surface area (Å²) in [6, 6.07) is 7.79. The number of benzene rings is 1. The van der Waals surface area contributed by atoms with Gasteiger partial charge in [0.2, 0.25) is 0 Å². The standard InChI is InChI=1S/C13H17N3O/c1-9(2)17-12-6-4-11(5-7-12)16-8-10(3)13(14)15-16/h4-9H,1-3H3,(H2,14,15). The molecule has 4 heteroatoms. The third-order valence-electron chi connectivity index (χ3n) is 2.41. The van der Waals surface area contributed by atoms with E-state index < -0.39 is 0 Å². The van der Waals surface area contributed by atoms with Crippen LogP contribution in [0.15, 0.2) is 30.5 Å². The van der Waals surface area contributed by atoms with Crippen molar-refractivity contribution in [1.82, 2.24) is 9.78 Å². The van der Waals surface area contributed by atoms with Crippen LogP contribution in [0.25, 0.3) is 5.69 Å². The number of nitrogens with two attached hydrogens (primary N) is 1. The number of aryl methyl sites for hydroxylation is 1. The fraction of sp³-hybridized carbons (Fsp3) is 0.308. The van der Waals surface area contributed by atoms with Crippen LogP contribution in [0.4, 0.5) is 5.82 Å². The molecule has 2 rings (SSSR count). The van der Waals surface area contributed by atoms with Crippen LogP contribution >= 0.6 is 0 Å². The highest BCUT2D eigenvalue weighted by Gasteiger charge is 2.03. The molecular weight excluding hydrogens is 214 g/mol. The molecule has 0 fully saturated rings. The summed E-state index contributed by atoms with van der Waals surface area (Å²) in [5, 5.41) is 4.22. The highest BCUT2D eigenvalue weighted by Crippen LogP contribution is 2.18. The van der Waals surface area contributed by atoms with E-state index in [4.69, 9.17) is 10.5 Å². The molecule has 90 valence electrons. The molecule has 0 radical (unpaired) electrons. The third-order valence-corrected chi connectivity index (χ3v) is 2.41. The van der Waals surface area contributed by atoms with Crippen molar-refractivity contribution < 1.29 is 4.74 Å². The lowest BCUT2D eigenvalue weighted by Crippen LogP contribution is -2.05. The molecule has 2 N–H and O–H groups in total. The molecule has 0 saturated carbocycles. The highest BCUT2D eigenvalue weighted by atomic mass is 16.5. The van der Waals surface area contributed by atoms with Crippen LogP contribution in [0.1, 0.15) is 19.4 Å². The number of hydrogen-bond donors (Lipinski definition) is 1. The second-order valence-corrected chi connectivity index (χ2v) is 4.30. The first-order valence-electron chi connectivity index (χ1n) is 5.65. The van der Waals surface area contributed by atoms with Gasteiger partial charge >= 0.3 is 0 Å². The average Bonchev–Trinajstić information content (AvgIpc) is 2.59. The Morgan fingerprint density at radius 2 is 1.88 bits per heavy atom. The molecule has 17 heavy (non-hydrogen) atoms. The molecule has 0 spiro atoms. The molecule has 0 unspecified atom stereocenters. The summed E-state index contributed by atoms with van der Waals surface area (Å²) in [5.74, 6) is 1.42. The zero-order valence-corrected chi connectivity index (χ0v) is 10.3. The number of aromatic nitrogens is 2. The number of hydrogen-bond acceptors (Lipinski definition) is 3. The van der Waals surface area contributed by atoms with Gasteiger partial charge in [0.25, 0.3) is 0 Å². The quantitative estimate of drug-likeness (QED) is 0.883. The van der Waals surface area contributed by atoms with Crippen molar-refractivity contribution in [2.24, 2.45) is 0 Å². The maximum atomic E-state index is 5.72. The minimum atomic E-state index is 0.184. The summed E-state index contributed by atoms with van der Waals surface area (Å²) in [5.41, 5.74) is 7.67. The molecule has 4 nitrogen and oxygen atoms in total. The van der Waals surface area contributed by atoms with Gasteiger partial charge in [0.1, 0.15) is 11.6 Å². The lowest BCUT2D eigenvalue weighted by molar-refractivity contribution is 0.242. The Bertz CT molecular complexity index is 480. The van der Waals surface area contributed by atoms with Crippen molar-refractivity contribution in [3.8, 4) is 11.4 Å². The van der Waals surface area contributed by atoms with Gasteiger partial charge in [-0.25, -0.2) is 4.68 Å². The van der Waals surface area contributed by atoms with Crippen molar-refractivity contribution in [3.63, 3.8) is 0 Å². The fourth-order valence-corrected chi connectivity index (χ4v) is 1.56. The predicted octanol–water partition coefficient (Wildman–Crippen LogP) is 2.55. The molecule has 2 aromatic rings. The van der Waals surface area contributed by atoms with Gasteiger partial charge in [0.15, 0.2) is 0 Å². The molecule has 1 aromatic carbocycles. The Morgan fingerprint density at radius 3 is 2.35 bits per heavy atom. The largest absolute Gasteiger partial charge is 0.491 e. The SMILES string of the molecule is Cc1cn(-c2ccc(OC(C)C)cc2)nc1N. The van der Waals surface area contributed by atoms with Gasteiger partial charge in [-0.2, -0.15) is 5.10 Å². The van der Waals surface area contributed by atoms with Gasteiger partial charge in [-0.05, 0) is 45.0 Å². The van der Waals surface area contributed by atoms with Gasteiger partial charge in [0.05, 0.1) is 11.8 Å². The van der Waals surface area contributed by atoms with Crippen LogP contribution in [0, 0.1) is 6.92 Å². The zero-order valence-electron chi connectivity index (χ0n) is 10.3. The van der Waals surface area contributed by atoms with Gasteiger partial charge in [-0.3, -0.25) is 0 Å². The van der Waals surface area contributed by atoms with Crippen LogP contribution in [0.5, 0.6) is 5.75 Å². The molecule has 0 aliphatic carbocycles. The van der Waals surface area contributed by atoms with E-state index in [0.717, 1.165) is 17.0 Å². The summed E-state index contributed by atoms with van der Waals surface area (Å²) in [6.45, 7) is 5.95. The molecule has 0 saturated heterocycles. The Kier molecular flexibility index (Phi) is 3.04. The number of anilines is 1. The highest BCUT2D eigenvalue weighted by molar-refractivity contribution is 5.42. The summed E-state index contributed by atoms with van der Waals surface area (Å²) < 4.78 is 7.35. The summed E-state index contributed by atoms with van der Waals surface area (Å²) >= 11 is 0. The summed E-state index contributed by atoms with van der Waals surface area (Å²) in [7, 11) is 0. The Balaban J connectivity index is 2.23. The van der Waals surface area contributed by atoms with E-state index in [1.54, 1.807) is 4.68 Å². The molecule has 1 aromatic heterocycles. The number of ether oxygens (including phenoxy) is 1. The monoisotopic (exact) mass is 231 g/mol. The van der Waals surface area contributed by atoms with Gasteiger partial charge in [-0.15, -0.1) is 0 Å². The van der Waals surface area contributed by atoms with Crippen LogP contribution in [-0.2, 0) is 0 Å². The summed E-state index contributed by atoms with van der Waals surface area (Å²) in [6.07, 6.45) is 2.09. The van der Waals surface area contributed by atoms with Crippen molar-refractivity contribution in [3.05, 3.63) is 36.0 Å². The van der Waals surface area contributed by atoms with E-state index in [0.29, 0.717) is 5.82 Å². The predicted molar refractivity (Wildman–Crippen MR) is 68.5 cm³/mol. The van der Waals surface area contributed by atoms with Crippen molar-refractivity contribution in [1.29, 1.82) is 0 Å². The molecular formula is C13H17N3O. The molecule has 0 aliphatic rings. The maximum Gasteiger partial charge on any atom is 0.148 e.